The number of hydrogen-bond donors (Lipinski definition) is 1. The molecule has 1 N–H and O–H groups in total. The highest BCUT2D eigenvalue weighted by atomic mass is 16.3. The summed E-state index contributed by atoms with van der Waals surface area (Å²) in [6.07, 6.45) is 7.53. The Balaban J connectivity index is 1.51. The van der Waals surface area contributed by atoms with Gasteiger partial charge in [0.2, 0.25) is 11.9 Å². The second kappa shape index (κ2) is 6.66. The van der Waals surface area contributed by atoms with Crippen molar-refractivity contribution in [2.24, 2.45) is 0 Å². The first-order valence-corrected chi connectivity index (χ1v) is 6.90. The van der Waals surface area contributed by atoms with Crippen molar-refractivity contribution in [3.05, 3.63) is 60.6 Å². The van der Waals surface area contributed by atoms with E-state index in [1.54, 1.807) is 35.7 Å². The first-order valence-electron chi connectivity index (χ1n) is 6.90. The molecule has 0 bridgehead atoms. The minimum absolute atomic E-state index is 0.143. The Kier molecular flexibility index (Phi) is 4.24. The lowest BCUT2D eigenvalue weighted by atomic mass is 10.2. The summed E-state index contributed by atoms with van der Waals surface area (Å²) in [5.41, 5.74) is 1.02. The molecule has 112 valence electrons. The average Bonchev–Trinajstić information content (AvgIpc) is 3.18. The van der Waals surface area contributed by atoms with Crippen LogP contribution in [0, 0.1) is 0 Å². The third kappa shape index (κ3) is 3.78. The minimum Gasteiger partial charge on any atom is -0.469 e. The van der Waals surface area contributed by atoms with Gasteiger partial charge < -0.3 is 4.42 Å². The van der Waals surface area contributed by atoms with Gasteiger partial charge in [0.15, 0.2) is 0 Å². The number of aromatic nitrogens is 4. The van der Waals surface area contributed by atoms with Crippen molar-refractivity contribution in [1.29, 1.82) is 0 Å². The normalized spacial score (nSPS) is 10.5. The zero-order valence-electron chi connectivity index (χ0n) is 11.8. The van der Waals surface area contributed by atoms with E-state index >= 15 is 0 Å². The van der Waals surface area contributed by atoms with Crippen molar-refractivity contribution in [2.75, 3.05) is 5.32 Å². The van der Waals surface area contributed by atoms with E-state index in [9.17, 15) is 4.79 Å². The van der Waals surface area contributed by atoms with Crippen LogP contribution in [0.5, 0.6) is 0 Å². The van der Waals surface area contributed by atoms with Crippen molar-refractivity contribution in [1.82, 2.24) is 19.7 Å². The van der Waals surface area contributed by atoms with E-state index in [4.69, 9.17) is 4.42 Å². The Bertz CT molecular complexity index is 721. The molecule has 3 aromatic heterocycles. The topological polar surface area (TPSA) is 85.8 Å². The van der Waals surface area contributed by atoms with Crippen LogP contribution < -0.4 is 5.32 Å². The molecule has 3 aromatic rings. The molecule has 22 heavy (non-hydrogen) atoms. The van der Waals surface area contributed by atoms with E-state index < -0.39 is 0 Å². The molecule has 0 aliphatic heterocycles. The molecule has 7 heteroatoms. The number of anilines is 1. The van der Waals surface area contributed by atoms with Gasteiger partial charge in [0, 0.05) is 25.2 Å². The zero-order chi connectivity index (χ0) is 15.2. The molecule has 3 rings (SSSR count). The molecule has 0 spiro atoms. The molecular formula is C15H15N5O2. The van der Waals surface area contributed by atoms with Crippen LogP contribution in [0.4, 0.5) is 5.95 Å². The van der Waals surface area contributed by atoms with Gasteiger partial charge in [-0.2, -0.15) is 0 Å². The molecule has 0 aliphatic rings. The predicted octanol–water partition coefficient (Wildman–Crippen LogP) is 1.89. The van der Waals surface area contributed by atoms with Gasteiger partial charge in [0.1, 0.15) is 12.1 Å². The number of furan rings is 1. The van der Waals surface area contributed by atoms with Crippen LogP contribution in [-0.4, -0.2) is 25.7 Å². The van der Waals surface area contributed by atoms with E-state index in [0.717, 1.165) is 11.3 Å². The summed E-state index contributed by atoms with van der Waals surface area (Å²) < 4.78 is 6.84. The number of rotatable bonds is 6. The molecule has 7 nitrogen and oxygen atoms in total. The molecule has 0 aliphatic carbocycles. The van der Waals surface area contributed by atoms with Gasteiger partial charge in [0.25, 0.3) is 0 Å². The van der Waals surface area contributed by atoms with Crippen LogP contribution in [0.1, 0.15) is 17.7 Å². The maximum atomic E-state index is 11.8. The number of nitrogens with one attached hydrogen (secondary N) is 1. The number of carbonyl (C=O) groups is 1. The van der Waals surface area contributed by atoms with Gasteiger partial charge in [-0.25, -0.2) is 9.67 Å². The summed E-state index contributed by atoms with van der Waals surface area (Å²) in [4.78, 5) is 19.9. The molecule has 0 saturated carbocycles. The van der Waals surface area contributed by atoms with E-state index in [-0.39, 0.29) is 5.91 Å². The lowest BCUT2D eigenvalue weighted by molar-refractivity contribution is -0.116. The molecule has 0 unspecified atom stereocenters. The first-order chi connectivity index (χ1) is 10.8. The van der Waals surface area contributed by atoms with Crippen LogP contribution in [0.15, 0.2) is 53.7 Å². The van der Waals surface area contributed by atoms with Crippen LogP contribution >= 0.6 is 0 Å². The van der Waals surface area contributed by atoms with Crippen molar-refractivity contribution >= 4 is 11.9 Å². The molecule has 0 saturated heterocycles. The summed E-state index contributed by atoms with van der Waals surface area (Å²) in [6, 6.07) is 7.46. The molecule has 1 amide bonds. The van der Waals surface area contributed by atoms with Crippen molar-refractivity contribution in [2.45, 2.75) is 19.4 Å². The number of pyridine rings is 1. The highest BCUT2D eigenvalue weighted by molar-refractivity contribution is 5.88. The summed E-state index contributed by atoms with van der Waals surface area (Å²) in [6.45, 7) is 0.559. The molecule has 0 atom stereocenters. The largest absolute Gasteiger partial charge is 0.469 e. The van der Waals surface area contributed by atoms with Crippen LogP contribution in [0.25, 0.3) is 0 Å². The van der Waals surface area contributed by atoms with Gasteiger partial charge in [-0.1, -0.05) is 6.07 Å². The summed E-state index contributed by atoms with van der Waals surface area (Å²) in [7, 11) is 0. The lowest BCUT2D eigenvalue weighted by Crippen LogP contribution is -2.13. The van der Waals surface area contributed by atoms with Gasteiger partial charge in [-0.05, 0) is 23.8 Å². The van der Waals surface area contributed by atoms with E-state index in [1.807, 2.05) is 18.2 Å². The summed E-state index contributed by atoms with van der Waals surface area (Å²) in [5, 5.41) is 6.88. The number of aryl methyl sites for hydroxylation is 1. The predicted molar refractivity (Wildman–Crippen MR) is 79.0 cm³/mol. The quantitative estimate of drug-likeness (QED) is 0.751. The minimum atomic E-state index is -0.143. The van der Waals surface area contributed by atoms with Crippen molar-refractivity contribution < 1.29 is 9.21 Å². The standard InChI is InChI=1S/C15H15N5O2/c21-14(6-5-13-4-2-8-22-13)18-15-17-11-20(19-15)10-12-3-1-7-16-9-12/h1-4,7-9,11H,5-6,10H2,(H,18,19,21). The number of carbonyl (C=O) groups excluding carboxylic acids is 1. The second-order valence-electron chi connectivity index (χ2n) is 4.75. The molecule has 0 radical (unpaired) electrons. The second-order valence-corrected chi connectivity index (χ2v) is 4.75. The van der Waals surface area contributed by atoms with Gasteiger partial charge in [-0.3, -0.25) is 15.1 Å². The van der Waals surface area contributed by atoms with Crippen LogP contribution in [0.3, 0.4) is 0 Å². The van der Waals surface area contributed by atoms with Crippen molar-refractivity contribution in [3.8, 4) is 0 Å². The zero-order valence-corrected chi connectivity index (χ0v) is 11.8. The molecule has 3 heterocycles. The third-order valence-corrected chi connectivity index (χ3v) is 3.03. The van der Waals surface area contributed by atoms with Crippen LogP contribution in [-0.2, 0) is 17.8 Å². The molecular weight excluding hydrogens is 282 g/mol. The Morgan fingerprint density at radius 3 is 3.05 bits per heavy atom. The number of hydrogen-bond acceptors (Lipinski definition) is 5. The SMILES string of the molecule is O=C(CCc1ccco1)Nc1ncn(Cc2cccnc2)n1. The number of nitrogens with zero attached hydrogens (tertiary/aromatic N) is 4. The van der Waals surface area contributed by atoms with Gasteiger partial charge >= 0.3 is 0 Å². The Morgan fingerprint density at radius 2 is 2.27 bits per heavy atom. The van der Waals surface area contributed by atoms with Crippen molar-refractivity contribution in [3.63, 3.8) is 0 Å². The molecule has 0 aromatic carbocycles. The lowest BCUT2D eigenvalue weighted by Gasteiger charge is -2.01. The smallest absolute Gasteiger partial charge is 0.248 e. The fourth-order valence-electron chi connectivity index (χ4n) is 1.99. The number of amides is 1. The van der Waals surface area contributed by atoms with E-state index in [0.29, 0.717) is 25.3 Å². The highest BCUT2D eigenvalue weighted by Gasteiger charge is 2.08. The van der Waals surface area contributed by atoms with Gasteiger partial charge in [-0.15, -0.1) is 5.10 Å². The fourth-order valence-corrected chi connectivity index (χ4v) is 1.99. The summed E-state index contributed by atoms with van der Waals surface area (Å²) >= 11 is 0. The fraction of sp³-hybridized carbons (Fsp3) is 0.200. The Labute approximate surface area is 127 Å². The third-order valence-electron chi connectivity index (χ3n) is 3.03. The average molecular weight is 297 g/mol. The maximum absolute atomic E-state index is 11.8. The highest BCUT2D eigenvalue weighted by Crippen LogP contribution is 2.06. The molecule has 0 fully saturated rings. The van der Waals surface area contributed by atoms with Crippen LogP contribution in [0.2, 0.25) is 0 Å². The Morgan fingerprint density at radius 1 is 1.32 bits per heavy atom. The van der Waals surface area contributed by atoms with E-state index in [2.05, 4.69) is 20.4 Å². The van der Waals surface area contributed by atoms with E-state index in [1.165, 1.54) is 0 Å². The summed E-state index contributed by atoms with van der Waals surface area (Å²) in [5.74, 6) is 0.939. The monoisotopic (exact) mass is 297 g/mol. The van der Waals surface area contributed by atoms with Gasteiger partial charge in [0.05, 0.1) is 12.8 Å². The maximum Gasteiger partial charge on any atom is 0.248 e. The Hall–Kier alpha value is -2.96. The first kappa shape index (κ1) is 14.0.